The molecular formula is C23H26N2O8P2. The molecule has 3 aromatic rings. The van der Waals surface area contributed by atoms with Gasteiger partial charge in [0.15, 0.2) is 5.78 Å². The average molecular weight is 520 g/mol. The van der Waals surface area contributed by atoms with E-state index in [4.69, 9.17) is 18.1 Å². The molecular weight excluding hydrogens is 494 g/mol. The molecule has 186 valence electrons. The zero-order chi connectivity index (χ0) is 25.3. The lowest BCUT2D eigenvalue weighted by molar-refractivity contribution is -0.384. The Hall–Kier alpha value is -3.00. The Morgan fingerprint density at radius 3 is 1.80 bits per heavy atom. The fraction of sp³-hybridized carbons (Fsp3) is 0.217. The first-order valence-electron chi connectivity index (χ1n) is 10.8. The highest BCUT2D eigenvalue weighted by atomic mass is 31.2. The Balaban J connectivity index is 2.17. The average Bonchev–Trinajstić information content (AvgIpc) is 2.84. The van der Waals surface area contributed by atoms with E-state index in [9.17, 15) is 19.2 Å². The summed E-state index contributed by atoms with van der Waals surface area (Å²) >= 11 is 0. The van der Waals surface area contributed by atoms with Crippen molar-refractivity contribution < 1.29 is 32.1 Å². The summed E-state index contributed by atoms with van der Waals surface area (Å²) in [4.78, 5) is 10.9. The quantitative estimate of drug-likeness (QED) is 0.148. The molecule has 0 amide bonds. The lowest BCUT2D eigenvalue weighted by atomic mass is 10.2. The smallest absolute Gasteiger partial charge is 0.415 e. The Morgan fingerprint density at radius 2 is 1.34 bits per heavy atom. The molecule has 12 heteroatoms. The first-order valence-corrected chi connectivity index (χ1v) is 13.9. The zero-order valence-electron chi connectivity index (χ0n) is 19.2. The second kappa shape index (κ2) is 12.1. The highest BCUT2D eigenvalue weighted by Crippen LogP contribution is 2.63. The molecule has 0 spiro atoms. The monoisotopic (exact) mass is 520 g/mol. The Morgan fingerprint density at radius 1 is 0.829 bits per heavy atom. The summed E-state index contributed by atoms with van der Waals surface area (Å²) < 4.78 is 50.4. The van der Waals surface area contributed by atoms with Crippen LogP contribution in [0.4, 0.5) is 5.69 Å². The first kappa shape index (κ1) is 26.6. The largest absolute Gasteiger partial charge is 0.452 e. The van der Waals surface area contributed by atoms with Crippen LogP contribution in [-0.2, 0) is 18.2 Å². The van der Waals surface area contributed by atoms with E-state index in [1.54, 1.807) is 74.5 Å². The molecule has 35 heavy (non-hydrogen) atoms. The predicted molar refractivity (Wildman–Crippen MR) is 132 cm³/mol. The number of nitrogens with zero attached hydrogens (tertiary/aromatic N) is 1. The third-order valence-corrected chi connectivity index (χ3v) is 8.51. The van der Waals surface area contributed by atoms with Crippen molar-refractivity contribution in [3.8, 4) is 11.5 Å². The van der Waals surface area contributed by atoms with Crippen molar-refractivity contribution in [3.05, 3.63) is 101 Å². The van der Waals surface area contributed by atoms with E-state index in [1.807, 2.05) is 0 Å². The van der Waals surface area contributed by atoms with Gasteiger partial charge >= 0.3 is 15.3 Å². The molecule has 3 rings (SSSR count). The third kappa shape index (κ3) is 7.24. The minimum Gasteiger partial charge on any atom is -0.415 e. The summed E-state index contributed by atoms with van der Waals surface area (Å²) in [6.07, 6.45) is 0. The molecule has 0 aliphatic rings. The standard InChI is InChI=1S/C23H26N2O8P2/c1-3-30-35(29,31-4-2)24-23(19-12-11-13-20(18-19)25(26)27)34(28,32-21-14-7-5-8-15-21)33-22-16-9-6-10-17-22/h5-18,23H,3-4H2,1-2H3,(H,24,29). The van der Waals surface area contributed by atoms with Gasteiger partial charge in [0.2, 0.25) is 0 Å². The SMILES string of the molecule is CCOP(=O)(NC(c1cccc([N+](=O)[O-])c1)P(=O)(Oc1ccccc1)Oc1ccccc1)OCC. The second-order valence-electron chi connectivity index (χ2n) is 7.07. The van der Waals surface area contributed by atoms with Crippen molar-refractivity contribution in [1.82, 2.24) is 5.09 Å². The van der Waals surface area contributed by atoms with Crippen LogP contribution in [0.25, 0.3) is 0 Å². The molecule has 0 saturated carbocycles. The van der Waals surface area contributed by atoms with Gasteiger partial charge in [0, 0.05) is 12.1 Å². The highest BCUT2D eigenvalue weighted by Gasteiger charge is 2.46. The summed E-state index contributed by atoms with van der Waals surface area (Å²) in [5.74, 6) is -1.04. The number of nitro groups is 1. The number of nitrogens with one attached hydrogen (secondary N) is 1. The number of nitro benzene ring substituents is 1. The Bertz CT molecular complexity index is 1150. The van der Waals surface area contributed by atoms with Gasteiger partial charge in [-0.15, -0.1) is 0 Å². The van der Waals surface area contributed by atoms with Crippen molar-refractivity contribution in [2.24, 2.45) is 0 Å². The number of hydrogen-bond donors (Lipinski definition) is 1. The van der Waals surface area contributed by atoms with Crippen LogP contribution >= 0.6 is 15.3 Å². The minimum absolute atomic E-state index is 0.0231. The Kier molecular flexibility index (Phi) is 9.20. The van der Waals surface area contributed by atoms with E-state index in [1.165, 1.54) is 24.3 Å². The van der Waals surface area contributed by atoms with E-state index in [-0.39, 0.29) is 36.0 Å². The lowest BCUT2D eigenvalue weighted by Gasteiger charge is -2.30. The molecule has 1 N–H and O–H groups in total. The minimum atomic E-state index is -4.35. The van der Waals surface area contributed by atoms with Gasteiger partial charge in [0.1, 0.15) is 11.5 Å². The summed E-state index contributed by atoms with van der Waals surface area (Å²) in [5.41, 5.74) is -0.128. The number of non-ortho nitro benzene ring substituents is 1. The van der Waals surface area contributed by atoms with Crippen LogP contribution in [0.1, 0.15) is 25.2 Å². The molecule has 0 fully saturated rings. The van der Waals surface area contributed by atoms with Gasteiger partial charge in [-0.3, -0.25) is 19.2 Å². The van der Waals surface area contributed by atoms with Crippen LogP contribution < -0.4 is 14.1 Å². The van der Waals surface area contributed by atoms with Gasteiger partial charge < -0.3 is 9.05 Å². The van der Waals surface area contributed by atoms with Crippen molar-refractivity contribution in [2.45, 2.75) is 19.6 Å². The van der Waals surface area contributed by atoms with E-state index in [0.717, 1.165) is 0 Å². The number of para-hydroxylation sites is 2. The zero-order valence-corrected chi connectivity index (χ0v) is 21.0. The fourth-order valence-corrected chi connectivity index (χ4v) is 7.07. The maximum absolute atomic E-state index is 14.5. The Labute approximate surface area is 203 Å². The molecule has 0 aromatic heterocycles. The van der Waals surface area contributed by atoms with Gasteiger partial charge in [-0.05, 0) is 43.7 Å². The number of rotatable bonds is 13. The van der Waals surface area contributed by atoms with Crippen LogP contribution in [0.2, 0.25) is 0 Å². The van der Waals surface area contributed by atoms with Gasteiger partial charge in [-0.1, -0.05) is 48.5 Å². The highest BCUT2D eigenvalue weighted by molar-refractivity contribution is 7.57. The molecule has 0 saturated heterocycles. The van der Waals surface area contributed by atoms with E-state index in [2.05, 4.69) is 5.09 Å². The van der Waals surface area contributed by atoms with Crippen LogP contribution in [0.3, 0.4) is 0 Å². The van der Waals surface area contributed by atoms with Gasteiger partial charge in [-0.2, -0.15) is 0 Å². The van der Waals surface area contributed by atoms with Crippen LogP contribution in [-0.4, -0.2) is 18.1 Å². The van der Waals surface area contributed by atoms with Gasteiger partial charge in [0.25, 0.3) is 5.69 Å². The van der Waals surface area contributed by atoms with E-state index in [0.29, 0.717) is 0 Å². The summed E-state index contributed by atoms with van der Waals surface area (Å²) in [7, 11) is -8.39. The van der Waals surface area contributed by atoms with Crippen molar-refractivity contribution in [3.63, 3.8) is 0 Å². The predicted octanol–water partition coefficient (Wildman–Crippen LogP) is 6.72. The van der Waals surface area contributed by atoms with E-state index >= 15 is 0 Å². The molecule has 1 atom stereocenters. The molecule has 3 aromatic carbocycles. The normalized spacial score (nSPS) is 12.6. The molecule has 10 nitrogen and oxygen atoms in total. The molecule has 0 bridgehead atoms. The molecule has 0 heterocycles. The van der Waals surface area contributed by atoms with Crippen LogP contribution in [0, 0.1) is 10.1 Å². The molecule has 0 aliphatic heterocycles. The summed E-state index contributed by atoms with van der Waals surface area (Å²) in [5, 5.41) is 14.1. The second-order valence-corrected chi connectivity index (χ2v) is 10.8. The lowest BCUT2D eigenvalue weighted by Crippen LogP contribution is -2.25. The molecule has 0 aliphatic carbocycles. The molecule has 1 unspecified atom stereocenters. The van der Waals surface area contributed by atoms with Crippen molar-refractivity contribution in [1.29, 1.82) is 0 Å². The van der Waals surface area contributed by atoms with E-state index < -0.39 is 26.0 Å². The van der Waals surface area contributed by atoms with Crippen molar-refractivity contribution >= 4 is 21.0 Å². The summed E-state index contributed by atoms with van der Waals surface area (Å²) in [6, 6.07) is 22.0. The summed E-state index contributed by atoms with van der Waals surface area (Å²) in [6.45, 7) is 3.29. The van der Waals surface area contributed by atoms with Crippen molar-refractivity contribution in [2.75, 3.05) is 13.2 Å². The van der Waals surface area contributed by atoms with Gasteiger partial charge in [0.05, 0.1) is 18.1 Å². The molecule has 0 radical (unpaired) electrons. The topological polar surface area (TPSA) is 126 Å². The maximum Gasteiger partial charge on any atom is 0.452 e. The van der Waals surface area contributed by atoms with Crippen LogP contribution in [0.5, 0.6) is 11.5 Å². The maximum atomic E-state index is 14.5. The number of hydrogen-bond acceptors (Lipinski definition) is 8. The number of benzene rings is 3. The fourth-order valence-electron chi connectivity index (χ4n) is 3.12. The van der Waals surface area contributed by atoms with Crippen LogP contribution in [0.15, 0.2) is 84.9 Å². The van der Waals surface area contributed by atoms with Gasteiger partial charge in [-0.25, -0.2) is 14.2 Å². The third-order valence-electron chi connectivity index (χ3n) is 4.54. The first-order chi connectivity index (χ1) is 16.8.